The van der Waals surface area contributed by atoms with Crippen LogP contribution < -0.4 is 0 Å². The SMILES string of the molecule is Clc1cc(Br)cc(C(Cl)c2cc(Cl)sc2Cl)c1. The molecule has 0 spiro atoms. The molecule has 2 aromatic rings. The number of rotatable bonds is 2. The third kappa shape index (κ3) is 3.31. The molecule has 0 saturated carbocycles. The summed E-state index contributed by atoms with van der Waals surface area (Å²) in [5.74, 6) is 0. The molecule has 1 aromatic heterocycles. The number of thiophene rings is 1. The lowest BCUT2D eigenvalue weighted by molar-refractivity contribution is 1.15. The highest BCUT2D eigenvalue weighted by Gasteiger charge is 2.18. The summed E-state index contributed by atoms with van der Waals surface area (Å²) in [7, 11) is 0. The molecule has 0 N–H and O–H groups in total. The Labute approximate surface area is 132 Å². The van der Waals surface area contributed by atoms with Crippen molar-refractivity contribution in [3.63, 3.8) is 0 Å². The molecule has 0 bridgehead atoms. The first-order chi connectivity index (χ1) is 7.97. The fourth-order valence-corrected chi connectivity index (χ4v) is 4.26. The van der Waals surface area contributed by atoms with Gasteiger partial charge in [0.15, 0.2) is 0 Å². The van der Waals surface area contributed by atoms with Crippen LogP contribution in [0.3, 0.4) is 0 Å². The Kier molecular flexibility index (Phi) is 4.67. The van der Waals surface area contributed by atoms with Crippen LogP contribution in [0.1, 0.15) is 16.5 Å². The summed E-state index contributed by atoms with van der Waals surface area (Å²) in [5, 5.41) is 0.263. The van der Waals surface area contributed by atoms with E-state index < -0.39 is 0 Å². The quantitative estimate of drug-likeness (QED) is 0.494. The smallest absolute Gasteiger partial charge is 0.0994 e. The van der Waals surface area contributed by atoms with E-state index in [-0.39, 0.29) is 5.38 Å². The first-order valence-electron chi connectivity index (χ1n) is 4.52. The van der Waals surface area contributed by atoms with Crippen molar-refractivity contribution in [1.29, 1.82) is 0 Å². The molecule has 0 aliphatic rings. The van der Waals surface area contributed by atoms with Crippen LogP contribution in [0.15, 0.2) is 28.7 Å². The first-order valence-corrected chi connectivity index (χ1v) is 7.70. The molecule has 0 radical (unpaired) electrons. The van der Waals surface area contributed by atoms with Gasteiger partial charge in [0.05, 0.1) is 14.0 Å². The zero-order chi connectivity index (χ0) is 12.6. The average molecular weight is 391 g/mol. The molecule has 1 heterocycles. The maximum atomic E-state index is 6.38. The van der Waals surface area contributed by atoms with Crippen molar-refractivity contribution in [1.82, 2.24) is 0 Å². The molecule has 0 saturated heterocycles. The second-order valence-corrected chi connectivity index (χ2v) is 7.42. The number of benzene rings is 1. The predicted octanol–water partition coefficient (Wildman–Crippen LogP) is 6.80. The van der Waals surface area contributed by atoms with E-state index in [9.17, 15) is 0 Å². The molecule has 1 aromatic carbocycles. The van der Waals surface area contributed by atoms with Crippen LogP contribution in [0, 0.1) is 0 Å². The molecule has 17 heavy (non-hydrogen) atoms. The van der Waals surface area contributed by atoms with Crippen molar-refractivity contribution in [3.8, 4) is 0 Å². The van der Waals surface area contributed by atoms with Gasteiger partial charge in [-0.1, -0.05) is 50.7 Å². The van der Waals surface area contributed by atoms with Gasteiger partial charge < -0.3 is 0 Å². The third-order valence-electron chi connectivity index (χ3n) is 2.13. The highest BCUT2D eigenvalue weighted by atomic mass is 79.9. The van der Waals surface area contributed by atoms with Crippen LogP contribution in [0.2, 0.25) is 13.7 Å². The van der Waals surface area contributed by atoms with Gasteiger partial charge >= 0.3 is 0 Å². The Hall–Kier alpha value is 0.560. The van der Waals surface area contributed by atoms with E-state index >= 15 is 0 Å². The largest absolute Gasteiger partial charge is 0.112 e. The van der Waals surface area contributed by atoms with Crippen molar-refractivity contribution in [2.75, 3.05) is 0 Å². The summed E-state index contributed by atoms with van der Waals surface area (Å²) >= 11 is 29.0. The van der Waals surface area contributed by atoms with Gasteiger partial charge in [-0.2, -0.15) is 0 Å². The number of hydrogen-bond donors (Lipinski definition) is 0. The molecule has 0 fully saturated rings. The minimum absolute atomic E-state index is 0.360. The zero-order valence-corrected chi connectivity index (χ0v) is 13.6. The Morgan fingerprint density at radius 1 is 1.06 bits per heavy atom. The standard InChI is InChI=1S/C11H5BrCl4S/c12-6-1-5(2-7(13)3-6)10(15)8-4-9(14)17-11(8)16/h1-4,10H. The molecule has 6 heteroatoms. The fraction of sp³-hybridized carbons (Fsp3) is 0.0909. The van der Waals surface area contributed by atoms with Gasteiger partial charge in [-0.3, -0.25) is 0 Å². The Morgan fingerprint density at radius 3 is 2.29 bits per heavy atom. The molecule has 1 atom stereocenters. The number of hydrogen-bond acceptors (Lipinski definition) is 1. The third-order valence-corrected chi connectivity index (χ3v) is 4.81. The molecule has 2 rings (SSSR count). The van der Waals surface area contributed by atoms with E-state index in [1.54, 1.807) is 12.1 Å². The Balaban J connectivity index is 2.43. The highest BCUT2D eigenvalue weighted by Crippen LogP contribution is 2.41. The molecule has 90 valence electrons. The van der Waals surface area contributed by atoms with E-state index in [1.807, 2.05) is 12.1 Å². The Bertz CT molecular complexity index is 532. The highest BCUT2D eigenvalue weighted by molar-refractivity contribution is 9.10. The van der Waals surface area contributed by atoms with Crippen molar-refractivity contribution in [2.24, 2.45) is 0 Å². The second kappa shape index (κ2) is 5.68. The van der Waals surface area contributed by atoms with Crippen molar-refractivity contribution in [2.45, 2.75) is 5.38 Å². The fourth-order valence-electron chi connectivity index (χ4n) is 1.43. The number of halogens is 5. The maximum Gasteiger partial charge on any atom is 0.0994 e. The van der Waals surface area contributed by atoms with Gasteiger partial charge in [0, 0.05) is 15.1 Å². The van der Waals surface area contributed by atoms with Gasteiger partial charge in [-0.05, 0) is 29.8 Å². The van der Waals surface area contributed by atoms with E-state index in [4.69, 9.17) is 46.4 Å². The summed E-state index contributed by atoms with van der Waals surface area (Å²) in [4.78, 5) is 0. The topological polar surface area (TPSA) is 0 Å². The minimum Gasteiger partial charge on any atom is -0.112 e. The average Bonchev–Trinajstić information content (AvgIpc) is 2.55. The van der Waals surface area contributed by atoms with Crippen molar-refractivity contribution < 1.29 is 0 Å². The van der Waals surface area contributed by atoms with Crippen LogP contribution >= 0.6 is 73.7 Å². The van der Waals surface area contributed by atoms with Crippen molar-refractivity contribution >= 4 is 73.7 Å². The monoisotopic (exact) mass is 388 g/mol. The van der Waals surface area contributed by atoms with Crippen LogP contribution in [-0.2, 0) is 0 Å². The van der Waals surface area contributed by atoms with Gasteiger partial charge in [-0.15, -0.1) is 22.9 Å². The summed E-state index contributed by atoms with van der Waals surface area (Å²) in [5.41, 5.74) is 1.68. The molecular formula is C11H5BrCl4S. The zero-order valence-electron chi connectivity index (χ0n) is 8.18. The van der Waals surface area contributed by atoms with Gasteiger partial charge in [-0.25, -0.2) is 0 Å². The van der Waals surface area contributed by atoms with Gasteiger partial charge in [0.25, 0.3) is 0 Å². The lowest BCUT2D eigenvalue weighted by atomic mass is 10.1. The second-order valence-electron chi connectivity index (χ2n) is 3.34. The normalized spacial score (nSPS) is 12.8. The van der Waals surface area contributed by atoms with Crippen LogP contribution in [0.25, 0.3) is 0 Å². The summed E-state index contributed by atoms with van der Waals surface area (Å²) in [6.45, 7) is 0. The van der Waals surface area contributed by atoms with Crippen molar-refractivity contribution in [3.05, 3.63) is 53.6 Å². The summed E-state index contributed by atoms with van der Waals surface area (Å²) < 4.78 is 2.10. The predicted molar refractivity (Wildman–Crippen MR) is 81.2 cm³/mol. The van der Waals surface area contributed by atoms with Gasteiger partial charge in [0.1, 0.15) is 0 Å². The molecule has 0 nitrogen and oxygen atoms in total. The van der Waals surface area contributed by atoms with E-state index in [2.05, 4.69) is 15.9 Å². The molecule has 0 amide bonds. The van der Waals surface area contributed by atoms with Crippen LogP contribution in [0.5, 0.6) is 0 Å². The van der Waals surface area contributed by atoms with Crippen LogP contribution in [-0.4, -0.2) is 0 Å². The maximum absolute atomic E-state index is 6.38. The molecule has 1 unspecified atom stereocenters. The van der Waals surface area contributed by atoms with E-state index in [0.29, 0.717) is 13.7 Å². The summed E-state index contributed by atoms with van der Waals surface area (Å²) in [6.07, 6.45) is 0. The lowest BCUT2D eigenvalue weighted by Gasteiger charge is -2.10. The lowest BCUT2D eigenvalue weighted by Crippen LogP contribution is -1.92. The van der Waals surface area contributed by atoms with E-state index in [0.717, 1.165) is 15.6 Å². The minimum atomic E-state index is -0.360. The Morgan fingerprint density at radius 2 is 1.76 bits per heavy atom. The molecule has 0 aliphatic carbocycles. The van der Waals surface area contributed by atoms with E-state index in [1.165, 1.54) is 11.3 Å². The van der Waals surface area contributed by atoms with Gasteiger partial charge in [0.2, 0.25) is 0 Å². The first kappa shape index (κ1) is 14.0. The van der Waals surface area contributed by atoms with Crippen LogP contribution in [0.4, 0.5) is 0 Å². The molecule has 0 aliphatic heterocycles. The molecular weight excluding hydrogens is 386 g/mol. The number of alkyl halides is 1. The summed E-state index contributed by atoms with van der Waals surface area (Å²) in [6, 6.07) is 7.30.